The van der Waals surface area contributed by atoms with Crippen LogP contribution in [-0.4, -0.2) is 35.8 Å². The molecule has 0 spiro atoms. The van der Waals surface area contributed by atoms with Crippen LogP contribution in [0.15, 0.2) is 40.8 Å². The van der Waals surface area contributed by atoms with Crippen molar-refractivity contribution in [2.45, 2.75) is 73.1 Å². The first kappa shape index (κ1) is 27.3. The second-order valence-electron chi connectivity index (χ2n) is 9.28. The fourth-order valence-corrected chi connectivity index (χ4v) is 4.54. The van der Waals surface area contributed by atoms with Crippen molar-refractivity contribution in [1.82, 2.24) is 4.98 Å². The molecule has 0 radical (unpaired) electrons. The normalized spacial score (nSPS) is 11.0. The van der Waals surface area contributed by atoms with Gasteiger partial charge in [-0.05, 0) is 86.6 Å². The number of aliphatic carboxylic acids is 1. The third-order valence-corrected chi connectivity index (χ3v) is 6.46. The topological polar surface area (TPSA) is 75.8 Å². The molecule has 6 nitrogen and oxygen atoms in total. The molecule has 3 rings (SSSR count). The number of carboxylic acids is 1. The van der Waals surface area contributed by atoms with Crippen LogP contribution >= 0.6 is 0 Å². The molecule has 36 heavy (non-hydrogen) atoms. The lowest BCUT2D eigenvalue weighted by molar-refractivity contribution is -0.136. The van der Waals surface area contributed by atoms with Crippen molar-refractivity contribution < 1.29 is 19.1 Å². The second-order valence-corrected chi connectivity index (χ2v) is 9.28. The van der Waals surface area contributed by atoms with Crippen LogP contribution < -0.4 is 9.64 Å². The molecule has 0 bridgehead atoms. The molecule has 3 aromatic rings. The molecule has 0 aliphatic heterocycles. The predicted octanol–water partition coefficient (Wildman–Crippen LogP) is 6.79. The maximum absolute atomic E-state index is 10.9. The van der Waals surface area contributed by atoms with Crippen LogP contribution in [0.25, 0.3) is 11.5 Å². The summed E-state index contributed by atoms with van der Waals surface area (Å²) in [6.07, 6.45) is 4.41. The molecule has 0 aliphatic carbocycles. The van der Waals surface area contributed by atoms with E-state index in [4.69, 9.17) is 19.2 Å². The molecule has 0 amide bonds. The van der Waals surface area contributed by atoms with Gasteiger partial charge in [0.05, 0.1) is 12.3 Å². The molecule has 1 N–H and O–H groups in total. The molecule has 1 aromatic heterocycles. The minimum atomic E-state index is -0.777. The monoisotopic (exact) mass is 492 g/mol. The molecule has 0 fully saturated rings. The molecule has 2 aromatic carbocycles. The van der Waals surface area contributed by atoms with E-state index >= 15 is 0 Å². The van der Waals surface area contributed by atoms with E-state index in [9.17, 15) is 4.79 Å². The number of ether oxygens (including phenoxy) is 1. The van der Waals surface area contributed by atoms with Crippen LogP contribution in [-0.2, 0) is 24.1 Å². The van der Waals surface area contributed by atoms with Crippen molar-refractivity contribution in [2.24, 2.45) is 0 Å². The van der Waals surface area contributed by atoms with Crippen LogP contribution in [0.5, 0.6) is 5.75 Å². The van der Waals surface area contributed by atoms with Gasteiger partial charge in [0.2, 0.25) is 5.89 Å². The van der Waals surface area contributed by atoms with Crippen LogP contribution in [0.2, 0.25) is 0 Å². The summed E-state index contributed by atoms with van der Waals surface area (Å²) < 4.78 is 12.1. The molecule has 0 unspecified atom stereocenters. The smallest absolute Gasteiger partial charge is 0.303 e. The Morgan fingerprint density at radius 2 is 1.75 bits per heavy atom. The molecular weight excluding hydrogens is 452 g/mol. The van der Waals surface area contributed by atoms with Gasteiger partial charge in [0, 0.05) is 37.2 Å². The van der Waals surface area contributed by atoms with E-state index in [1.54, 1.807) is 0 Å². The standard InChI is InChI=1S/C30H40N2O4/c1-6-16-32(17-7-2)25-11-13-27(21(4)19-25)30-31-28(22(5)36-30)15-18-35-26-12-9-24(10-14-29(33)34)23(8-3)20-26/h9,11-13,19-20H,6-8,10,14-18H2,1-5H3,(H,33,34). The van der Waals surface area contributed by atoms with Crippen molar-refractivity contribution in [2.75, 3.05) is 24.6 Å². The summed E-state index contributed by atoms with van der Waals surface area (Å²) in [6, 6.07) is 12.4. The van der Waals surface area contributed by atoms with Gasteiger partial charge in [-0.1, -0.05) is 26.8 Å². The summed E-state index contributed by atoms with van der Waals surface area (Å²) in [7, 11) is 0. The summed E-state index contributed by atoms with van der Waals surface area (Å²) in [6.45, 7) is 13.2. The summed E-state index contributed by atoms with van der Waals surface area (Å²) in [5.74, 6) is 1.48. The van der Waals surface area contributed by atoms with Crippen molar-refractivity contribution in [1.29, 1.82) is 0 Å². The first-order chi connectivity index (χ1) is 17.4. The zero-order chi connectivity index (χ0) is 26.1. The van der Waals surface area contributed by atoms with Crippen LogP contribution in [0.4, 0.5) is 5.69 Å². The first-order valence-corrected chi connectivity index (χ1v) is 13.1. The van der Waals surface area contributed by atoms with Gasteiger partial charge < -0.3 is 19.2 Å². The van der Waals surface area contributed by atoms with Gasteiger partial charge in [0.1, 0.15) is 11.5 Å². The Balaban J connectivity index is 1.65. The number of nitrogens with zero attached hydrogens (tertiary/aromatic N) is 2. The average Bonchev–Trinajstić information content (AvgIpc) is 3.22. The largest absolute Gasteiger partial charge is 0.493 e. The maximum atomic E-state index is 10.9. The highest BCUT2D eigenvalue weighted by molar-refractivity contribution is 5.67. The quantitative estimate of drug-likeness (QED) is 0.267. The van der Waals surface area contributed by atoms with Crippen LogP contribution in [0.3, 0.4) is 0 Å². The van der Waals surface area contributed by atoms with E-state index in [2.05, 4.69) is 50.8 Å². The summed E-state index contributed by atoms with van der Waals surface area (Å²) in [5.41, 5.74) is 6.52. The summed E-state index contributed by atoms with van der Waals surface area (Å²) >= 11 is 0. The minimum Gasteiger partial charge on any atom is -0.493 e. The number of hydrogen-bond acceptors (Lipinski definition) is 5. The van der Waals surface area contributed by atoms with E-state index in [1.807, 2.05) is 25.1 Å². The van der Waals surface area contributed by atoms with Crippen molar-refractivity contribution in [3.8, 4) is 17.2 Å². The number of oxazole rings is 1. The van der Waals surface area contributed by atoms with Crippen molar-refractivity contribution in [3.63, 3.8) is 0 Å². The van der Waals surface area contributed by atoms with E-state index in [0.717, 1.165) is 71.8 Å². The SMILES string of the molecule is CCCN(CCC)c1ccc(-c2nc(CCOc3ccc(CCC(=O)O)c(CC)c3)c(C)o2)c(C)c1. The number of aromatic nitrogens is 1. The number of hydrogen-bond donors (Lipinski definition) is 1. The zero-order valence-electron chi connectivity index (χ0n) is 22.4. The summed E-state index contributed by atoms with van der Waals surface area (Å²) in [4.78, 5) is 18.1. The number of aryl methyl sites for hydroxylation is 4. The highest BCUT2D eigenvalue weighted by Gasteiger charge is 2.15. The van der Waals surface area contributed by atoms with Crippen molar-refractivity contribution in [3.05, 3.63) is 64.5 Å². The van der Waals surface area contributed by atoms with Gasteiger partial charge in [-0.25, -0.2) is 4.98 Å². The molecule has 0 saturated carbocycles. The molecule has 0 atom stereocenters. The predicted molar refractivity (Wildman–Crippen MR) is 145 cm³/mol. The lowest BCUT2D eigenvalue weighted by atomic mass is 10.0. The van der Waals surface area contributed by atoms with Gasteiger partial charge in [-0.15, -0.1) is 0 Å². The molecular formula is C30H40N2O4. The number of carbonyl (C=O) groups is 1. The Kier molecular flexibility index (Phi) is 9.97. The summed E-state index contributed by atoms with van der Waals surface area (Å²) in [5, 5.41) is 8.96. The molecule has 0 aliphatic rings. The molecule has 6 heteroatoms. The highest BCUT2D eigenvalue weighted by atomic mass is 16.5. The Morgan fingerprint density at radius 3 is 2.39 bits per heavy atom. The van der Waals surface area contributed by atoms with Gasteiger partial charge in [-0.3, -0.25) is 4.79 Å². The lowest BCUT2D eigenvalue weighted by Crippen LogP contribution is -2.24. The van der Waals surface area contributed by atoms with E-state index in [0.29, 0.717) is 25.3 Å². The number of rotatable bonds is 14. The van der Waals surface area contributed by atoms with Crippen LogP contribution in [0.1, 0.15) is 68.2 Å². The van der Waals surface area contributed by atoms with E-state index in [-0.39, 0.29) is 6.42 Å². The third-order valence-electron chi connectivity index (χ3n) is 6.46. The Morgan fingerprint density at radius 1 is 1.00 bits per heavy atom. The molecule has 1 heterocycles. The third kappa shape index (κ3) is 7.12. The minimum absolute atomic E-state index is 0.138. The van der Waals surface area contributed by atoms with Gasteiger partial charge in [-0.2, -0.15) is 0 Å². The highest BCUT2D eigenvalue weighted by Crippen LogP contribution is 2.29. The van der Waals surface area contributed by atoms with Crippen molar-refractivity contribution >= 4 is 11.7 Å². The zero-order valence-corrected chi connectivity index (χ0v) is 22.4. The molecule has 0 saturated heterocycles. The lowest BCUT2D eigenvalue weighted by Gasteiger charge is -2.24. The van der Waals surface area contributed by atoms with Crippen LogP contribution in [0, 0.1) is 13.8 Å². The fourth-order valence-electron chi connectivity index (χ4n) is 4.54. The van der Waals surface area contributed by atoms with Gasteiger partial charge in [0.15, 0.2) is 0 Å². The number of anilines is 1. The Labute approximate surface area is 215 Å². The second kappa shape index (κ2) is 13.1. The first-order valence-electron chi connectivity index (χ1n) is 13.1. The van der Waals surface area contributed by atoms with E-state index in [1.165, 1.54) is 5.69 Å². The van der Waals surface area contributed by atoms with Gasteiger partial charge in [0.25, 0.3) is 0 Å². The average molecular weight is 493 g/mol. The fraction of sp³-hybridized carbons (Fsp3) is 0.467. The Hall–Kier alpha value is -3.28. The van der Waals surface area contributed by atoms with Gasteiger partial charge >= 0.3 is 5.97 Å². The Bertz CT molecular complexity index is 1150. The number of carboxylic acid groups (broad SMARTS) is 1. The number of benzene rings is 2. The molecule has 194 valence electrons. The maximum Gasteiger partial charge on any atom is 0.303 e. The van der Waals surface area contributed by atoms with E-state index < -0.39 is 5.97 Å².